The molecule has 12 heteroatoms. The molecule has 11 nitrogen and oxygen atoms in total. The molecule has 1 aliphatic carbocycles. The summed E-state index contributed by atoms with van der Waals surface area (Å²) in [5.41, 5.74) is 8.35. The van der Waals surface area contributed by atoms with E-state index in [4.69, 9.17) is 10.2 Å². The number of nitrogens with two attached hydrogens (primary N) is 1. The van der Waals surface area contributed by atoms with Crippen LogP contribution in [0.25, 0.3) is 23.0 Å². The highest BCUT2D eigenvalue weighted by atomic mass is 32.2. The standard InChI is InChI=1S/C21H26N8O3S/c1-3-33(30,31)28-17-14-10-29(11-15(14)17)16-9-24-19(22)18(25-16)21-27-26-20(32-21)13-6-4-12(5-7-13)8-23-2/h4-7,9,14-15,17,23,28H,3,8,10-11H2,1-2H3,(H2,22,24)/t14-,15+,17?. The summed E-state index contributed by atoms with van der Waals surface area (Å²) >= 11 is 0. The summed E-state index contributed by atoms with van der Waals surface area (Å²) in [7, 11) is -1.30. The minimum atomic E-state index is -3.20. The molecule has 1 saturated carbocycles. The lowest BCUT2D eigenvalue weighted by Gasteiger charge is -2.21. The minimum absolute atomic E-state index is 0.00501. The third-order valence-corrected chi connectivity index (χ3v) is 7.60. The van der Waals surface area contributed by atoms with Crippen LogP contribution in [-0.4, -0.2) is 60.5 Å². The van der Waals surface area contributed by atoms with Gasteiger partial charge in [0, 0.05) is 31.2 Å². The van der Waals surface area contributed by atoms with Crippen molar-refractivity contribution >= 4 is 21.7 Å². The average molecular weight is 471 g/mol. The van der Waals surface area contributed by atoms with E-state index in [0.717, 1.165) is 17.7 Å². The van der Waals surface area contributed by atoms with Crippen LogP contribution in [0.4, 0.5) is 11.6 Å². The summed E-state index contributed by atoms with van der Waals surface area (Å²) < 4.78 is 32.3. The number of rotatable bonds is 8. The number of nitrogens with one attached hydrogen (secondary N) is 2. The normalized spacial score (nSPS) is 21.9. The van der Waals surface area contributed by atoms with Crippen LogP contribution in [-0.2, 0) is 16.6 Å². The number of aromatic nitrogens is 4. The molecule has 1 unspecified atom stereocenters. The Morgan fingerprint density at radius 3 is 2.52 bits per heavy atom. The monoisotopic (exact) mass is 470 g/mol. The molecule has 0 radical (unpaired) electrons. The summed E-state index contributed by atoms with van der Waals surface area (Å²) in [4.78, 5) is 11.0. The first kappa shape index (κ1) is 21.7. The van der Waals surface area contributed by atoms with Crippen molar-refractivity contribution in [2.45, 2.75) is 19.5 Å². The molecule has 2 fully saturated rings. The van der Waals surface area contributed by atoms with Crippen molar-refractivity contribution in [2.75, 3.05) is 36.5 Å². The van der Waals surface area contributed by atoms with Crippen molar-refractivity contribution in [3.05, 3.63) is 36.0 Å². The van der Waals surface area contributed by atoms with E-state index in [1.54, 1.807) is 13.1 Å². The molecule has 33 heavy (non-hydrogen) atoms. The topological polar surface area (TPSA) is 152 Å². The van der Waals surface area contributed by atoms with Crippen LogP contribution in [0.3, 0.4) is 0 Å². The van der Waals surface area contributed by atoms with Gasteiger partial charge < -0.3 is 20.4 Å². The van der Waals surface area contributed by atoms with Gasteiger partial charge in [-0.3, -0.25) is 0 Å². The number of benzene rings is 1. The molecular formula is C21H26N8O3S. The second kappa shape index (κ2) is 8.36. The van der Waals surface area contributed by atoms with Gasteiger partial charge in [-0.1, -0.05) is 12.1 Å². The lowest BCUT2D eigenvalue weighted by Crippen LogP contribution is -2.35. The fourth-order valence-electron chi connectivity index (χ4n) is 4.28. The molecule has 3 atom stereocenters. The van der Waals surface area contributed by atoms with Gasteiger partial charge in [0.2, 0.25) is 15.9 Å². The number of hydrogen-bond donors (Lipinski definition) is 3. The zero-order valence-corrected chi connectivity index (χ0v) is 19.2. The average Bonchev–Trinajstić information content (AvgIpc) is 3.20. The number of fused-ring (bicyclic) bond motifs is 1. The SMILES string of the molecule is CCS(=O)(=O)NC1[C@H]2CN(c3cnc(N)c(-c4nnc(-c5ccc(CNC)cc5)o4)n3)C[C@@H]12. The number of nitrogens with zero attached hydrogens (tertiary/aromatic N) is 5. The van der Waals surface area contributed by atoms with E-state index >= 15 is 0 Å². The first-order valence-electron chi connectivity index (χ1n) is 10.8. The second-order valence-corrected chi connectivity index (χ2v) is 10.4. The van der Waals surface area contributed by atoms with E-state index in [1.807, 2.05) is 31.3 Å². The quantitative estimate of drug-likeness (QED) is 0.432. The number of hydrogen-bond acceptors (Lipinski definition) is 10. The molecule has 2 aliphatic rings. The first-order valence-corrected chi connectivity index (χ1v) is 12.5. The zero-order chi connectivity index (χ0) is 23.2. The third kappa shape index (κ3) is 4.28. The summed E-state index contributed by atoms with van der Waals surface area (Å²) in [6, 6.07) is 7.85. The van der Waals surface area contributed by atoms with Crippen molar-refractivity contribution in [3.8, 4) is 23.0 Å². The molecule has 4 N–H and O–H groups in total. The van der Waals surface area contributed by atoms with Crippen molar-refractivity contribution < 1.29 is 12.8 Å². The second-order valence-electron chi connectivity index (χ2n) is 8.38. The Labute approximate surface area is 191 Å². The largest absolute Gasteiger partial charge is 0.414 e. The Hall–Kier alpha value is -3.09. The van der Waals surface area contributed by atoms with Gasteiger partial charge in [-0.15, -0.1) is 10.2 Å². The van der Waals surface area contributed by atoms with Gasteiger partial charge in [-0.25, -0.2) is 23.1 Å². The Bertz CT molecular complexity index is 1250. The van der Waals surface area contributed by atoms with Crippen molar-refractivity contribution in [3.63, 3.8) is 0 Å². The van der Waals surface area contributed by atoms with Crippen LogP contribution in [0.15, 0.2) is 34.9 Å². The van der Waals surface area contributed by atoms with Crippen molar-refractivity contribution in [1.82, 2.24) is 30.2 Å². The van der Waals surface area contributed by atoms with E-state index in [0.29, 0.717) is 30.5 Å². The Kier molecular flexibility index (Phi) is 5.51. The van der Waals surface area contributed by atoms with Gasteiger partial charge in [0.25, 0.3) is 5.89 Å². The molecule has 0 bridgehead atoms. The lowest BCUT2D eigenvalue weighted by molar-refractivity contribution is 0.571. The number of piperidine rings is 1. The highest BCUT2D eigenvalue weighted by molar-refractivity contribution is 7.89. The maximum Gasteiger partial charge on any atom is 0.270 e. The summed E-state index contributed by atoms with van der Waals surface area (Å²) in [5, 5.41) is 11.4. The Balaban J connectivity index is 1.31. The molecule has 1 aliphatic heterocycles. The lowest BCUT2D eigenvalue weighted by atomic mass is 10.1. The summed E-state index contributed by atoms with van der Waals surface area (Å²) in [5.74, 6) is 2.07. The van der Waals surface area contributed by atoms with Gasteiger partial charge in [0.05, 0.1) is 11.9 Å². The molecule has 2 aromatic heterocycles. The van der Waals surface area contributed by atoms with Crippen molar-refractivity contribution in [2.24, 2.45) is 11.8 Å². The van der Waals surface area contributed by atoms with Gasteiger partial charge >= 0.3 is 0 Å². The minimum Gasteiger partial charge on any atom is -0.414 e. The first-order chi connectivity index (χ1) is 15.9. The fourth-order valence-corrected chi connectivity index (χ4v) is 5.21. The van der Waals surface area contributed by atoms with Gasteiger partial charge in [0.15, 0.2) is 11.5 Å². The Morgan fingerprint density at radius 1 is 1.15 bits per heavy atom. The van der Waals surface area contributed by atoms with Crippen LogP contribution < -0.4 is 20.7 Å². The van der Waals surface area contributed by atoms with Gasteiger partial charge in [-0.2, -0.15) is 0 Å². The highest BCUT2D eigenvalue weighted by Gasteiger charge is 2.57. The molecule has 1 saturated heterocycles. The number of sulfonamides is 1. The van der Waals surface area contributed by atoms with E-state index in [2.05, 4.69) is 35.1 Å². The van der Waals surface area contributed by atoms with E-state index in [9.17, 15) is 8.42 Å². The predicted molar refractivity (Wildman–Crippen MR) is 124 cm³/mol. The molecule has 0 amide bonds. The highest BCUT2D eigenvalue weighted by Crippen LogP contribution is 2.47. The third-order valence-electron chi connectivity index (χ3n) is 6.21. The maximum atomic E-state index is 11.8. The fraction of sp³-hybridized carbons (Fsp3) is 0.429. The van der Waals surface area contributed by atoms with Crippen LogP contribution in [0.2, 0.25) is 0 Å². The molecule has 3 heterocycles. The predicted octanol–water partition coefficient (Wildman–Crippen LogP) is 0.869. The van der Waals surface area contributed by atoms with Crippen molar-refractivity contribution in [1.29, 1.82) is 0 Å². The summed E-state index contributed by atoms with van der Waals surface area (Å²) in [6.45, 7) is 3.82. The summed E-state index contributed by atoms with van der Waals surface area (Å²) in [6.07, 6.45) is 1.62. The smallest absolute Gasteiger partial charge is 0.270 e. The Morgan fingerprint density at radius 2 is 1.85 bits per heavy atom. The molecule has 0 spiro atoms. The molecule has 1 aromatic carbocycles. The molecule has 5 rings (SSSR count). The maximum absolute atomic E-state index is 11.8. The van der Waals surface area contributed by atoms with E-state index in [1.165, 1.54) is 0 Å². The van der Waals surface area contributed by atoms with Gasteiger partial charge in [0.1, 0.15) is 5.82 Å². The van der Waals surface area contributed by atoms with Crippen LogP contribution >= 0.6 is 0 Å². The molecular weight excluding hydrogens is 444 g/mol. The van der Waals surface area contributed by atoms with Gasteiger partial charge in [-0.05, 0) is 43.5 Å². The van der Waals surface area contributed by atoms with E-state index in [-0.39, 0.29) is 35.3 Å². The van der Waals surface area contributed by atoms with Crippen LogP contribution in [0, 0.1) is 11.8 Å². The molecule has 174 valence electrons. The van der Waals surface area contributed by atoms with Crippen LogP contribution in [0.1, 0.15) is 12.5 Å². The number of anilines is 2. The van der Waals surface area contributed by atoms with E-state index < -0.39 is 10.0 Å². The van der Waals surface area contributed by atoms with Crippen LogP contribution in [0.5, 0.6) is 0 Å². The zero-order valence-electron chi connectivity index (χ0n) is 18.4. The molecule has 3 aromatic rings. The number of nitrogen functional groups attached to an aromatic ring is 1.